The SMILES string of the molecule is [2H]c1cc(C(C)(C([2H])([2H])[2H])C([2H])([2H])[2H])cc(C(C([2H])([2H])[2H])(C([2H])([2H])[2H])C([2H])([2H])[2H])c1OC(=O)OC. The molecule has 0 aromatic heterocycles. The molecule has 3 heteroatoms. The van der Waals surface area contributed by atoms with E-state index in [0.717, 1.165) is 14.0 Å². The van der Waals surface area contributed by atoms with Crippen LogP contribution in [-0.2, 0) is 15.6 Å². The van der Waals surface area contributed by atoms with Gasteiger partial charge in [-0.15, -0.1) is 0 Å². The topological polar surface area (TPSA) is 35.5 Å². The van der Waals surface area contributed by atoms with Crippen molar-refractivity contribution in [3.05, 3.63) is 29.3 Å². The fourth-order valence-electron chi connectivity index (χ4n) is 1.26. The number of carbonyl (C=O) groups is 1. The van der Waals surface area contributed by atoms with E-state index in [1.165, 1.54) is 0 Å². The molecule has 1 aromatic carbocycles. The molecule has 0 heterocycles. The highest BCUT2D eigenvalue weighted by molar-refractivity contribution is 5.65. The molecule has 106 valence electrons. The van der Waals surface area contributed by atoms with Crippen LogP contribution in [0.1, 0.15) is 74.2 Å². The first kappa shape index (κ1) is 4.24. The van der Waals surface area contributed by atoms with Gasteiger partial charge in [0.15, 0.2) is 0 Å². The minimum Gasteiger partial charge on any atom is -0.437 e. The highest BCUT2D eigenvalue weighted by Crippen LogP contribution is 2.35. The largest absolute Gasteiger partial charge is 0.513 e. The molecular formula is C16H24O3. The Kier molecular flexibility index (Phi) is 1.17. The van der Waals surface area contributed by atoms with Gasteiger partial charge < -0.3 is 9.47 Å². The Bertz CT molecular complexity index is 898. The molecule has 0 aliphatic rings. The van der Waals surface area contributed by atoms with E-state index in [4.69, 9.17) is 26.7 Å². The van der Waals surface area contributed by atoms with Crippen molar-refractivity contribution in [1.82, 2.24) is 0 Å². The van der Waals surface area contributed by atoms with Crippen molar-refractivity contribution in [3.63, 3.8) is 0 Å². The van der Waals surface area contributed by atoms with Crippen LogP contribution < -0.4 is 4.74 Å². The summed E-state index contributed by atoms with van der Waals surface area (Å²) in [6.07, 6.45) is -1.57. The first-order chi connectivity index (χ1) is 15.2. The third-order valence-electron chi connectivity index (χ3n) is 2.24. The van der Waals surface area contributed by atoms with Crippen LogP contribution in [-0.4, -0.2) is 13.3 Å². The smallest absolute Gasteiger partial charge is 0.437 e. The van der Waals surface area contributed by atoms with E-state index < -0.39 is 74.2 Å². The average Bonchev–Trinajstić information content (AvgIpc) is 2.57. The van der Waals surface area contributed by atoms with Crippen molar-refractivity contribution >= 4 is 6.16 Å². The minimum atomic E-state index is -3.89. The molecule has 0 aliphatic carbocycles. The van der Waals surface area contributed by atoms with E-state index in [9.17, 15) is 4.79 Å². The van der Waals surface area contributed by atoms with Gasteiger partial charge in [-0.25, -0.2) is 4.79 Å². The standard InChI is InChI=1S/C16H24O3/c1-15(2,3)11-8-9-13(19-14(17)18-7)12(10-11)16(4,5)6/h8-10H,1-7H3/i1D3,2D3,4D3,5D3,6D3,9D. The van der Waals surface area contributed by atoms with Crippen LogP contribution >= 0.6 is 0 Å². The summed E-state index contributed by atoms with van der Waals surface area (Å²) in [5.74, 6) is -1.15. The molecule has 1 rings (SSSR count). The zero-order valence-corrected chi connectivity index (χ0v) is 10.4. The molecular weight excluding hydrogens is 240 g/mol. The number of hydrogen-bond acceptors (Lipinski definition) is 3. The monoisotopic (exact) mass is 280 g/mol. The number of methoxy groups -OCH3 is 1. The maximum absolute atomic E-state index is 11.8. The maximum Gasteiger partial charge on any atom is 0.513 e. The predicted molar refractivity (Wildman–Crippen MR) is 76.9 cm³/mol. The van der Waals surface area contributed by atoms with E-state index in [2.05, 4.69) is 4.74 Å². The van der Waals surface area contributed by atoms with Crippen LogP contribution in [0.15, 0.2) is 18.2 Å². The lowest BCUT2D eigenvalue weighted by Gasteiger charge is -2.26. The average molecular weight is 280 g/mol. The van der Waals surface area contributed by atoms with Gasteiger partial charge in [-0.3, -0.25) is 0 Å². The van der Waals surface area contributed by atoms with Crippen molar-refractivity contribution in [2.45, 2.75) is 52.0 Å². The third-order valence-corrected chi connectivity index (χ3v) is 2.24. The summed E-state index contributed by atoms with van der Waals surface area (Å²) in [7, 11) is 0.824. The van der Waals surface area contributed by atoms with Gasteiger partial charge in [-0.2, -0.15) is 0 Å². The fourth-order valence-corrected chi connectivity index (χ4v) is 1.26. The van der Waals surface area contributed by atoms with Crippen molar-refractivity contribution in [1.29, 1.82) is 0 Å². The van der Waals surface area contributed by atoms with Crippen LogP contribution in [0.2, 0.25) is 0 Å². The van der Waals surface area contributed by atoms with Crippen LogP contribution in [0.25, 0.3) is 0 Å². The Morgan fingerprint density at radius 2 is 1.89 bits per heavy atom. The summed E-state index contributed by atoms with van der Waals surface area (Å²) < 4.78 is 135. The molecule has 0 N–H and O–H groups in total. The quantitative estimate of drug-likeness (QED) is 0.564. The Hall–Kier alpha value is -1.51. The zero-order chi connectivity index (χ0) is 28.2. The first-order valence-corrected chi connectivity index (χ1v) is 5.13. The lowest BCUT2D eigenvalue weighted by Crippen LogP contribution is -2.19. The summed E-state index contributed by atoms with van der Waals surface area (Å²) >= 11 is 0. The van der Waals surface area contributed by atoms with Gasteiger partial charge >= 0.3 is 6.16 Å². The molecule has 0 amide bonds. The Morgan fingerprint density at radius 3 is 2.42 bits per heavy atom. The number of benzene rings is 1. The number of ether oxygens (including phenoxy) is 2. The number of rotatable bonds is 1. The van der Waals surface area contributed by atoms with E-state index in [0.29, 0.717) is 12.1 Å². The number of hydrogen-bond donors (Lipinski definition) is 0. The number of carbonyl (C=O) groups excluding carboxylic acids is 1. The second-order valence-electron chi connectivity index (χ2n) is 4.06. The van der Waals surface area contributed by atoms with Crippen LogP contribution in [0.3, 0.4) is 0 Å². The molecule has 0 atom stereocenters. The van der Waals surface area contributed by atoms with Crippen molar-refractivity contribution in [2.75, 3.05) is 7.11 Å². The molecule has 1 aromatic rings. The molecule has 3 nitrogen and oxygen atoms in total. The summed E-state index contributed by atoms with van der Waals surface area (Å²) in [5.41, 5.74) is -8.73. The molecule has 0 spiro atoms. The van der Waals surface area contributed by atoms with E-state index >= 15 is 0 Å². The molecule has 0 saturated heterocycles. The molecule has 0 radical (unpaired) electrons. The Morgan fingerprint density at radius 1 is 1.26 bits per heavy atom. The van der Waals surface area contributed by atoms with Crippen molar-refractivity contribution in [2.24, 2.45) is 0 Å². The van der Waals surface area contributed by atoms with E-state index in [1.54, 1.807) is 0 Å². The van der Waals surface area contributed by atoms with Gasteiger partial charge in [0.25, 0.3) is 0 Å². The van der Waals surface area contributed by atoms with Crippen LogP contribution in [0.5, 0.6) is 5.75 Å². The predicted octanol–water partition coefficient (Wildman–Crippen LogP) is 4.43. The van der Waals surface area contributed by atoms with Gasteiger partial charge in [0.1, 0.15) is 5.75 Å². The van der Waals surface area contributed by atoms with Crippen LogP contribution in [0.4, 0.5) is 4.79 Å². The van der Waals surface area contributed by atoms with Crippen LogP contribution in [0, 0.1) is 0 Å². The van der Waals surface area contributed by atoms with Gasteiger partial charge in [-0.05, 0) is 22.4 Å². The fraction of sp³-hybridized carbons (Fsp3) is 0.562. The van der Waals surface area contributed by atoms with E-state index in [-0.39, 0.29) is 0 Å². The van der Waals surface area contributed by atoms with Gasteiger partial charge in [0.05, 0.1) is 8.48 Å². The second kappa shape index (κ2) is 5.24. The minimum absolute atomic E-state index is 0.445. The molecule has 0 bridgehead atoms. The summed E-state index contributed by atoms with van der Waals surface area (Å²) in [6.45, 7) is -17.6. The molecule has 19 heavy (non-hydrogen) atoms. The lowest BCUT2D eigenvalue weighted by molar-refractivity contribution is 0.120. The Labute approximate surface area is 138 Å². The molecule has 0 saturated carbocycles. The molecule has 0 fully saturated rings. The summed E-state index contributed by atoms with van der Waals surface area (Å²) in [5, 5.41) is 0. The van der Waals surface area contributed by atoms with Gasteiger partial charge in [0, 0.05) is 26.1 Å². The van der Waals surface area contributed by atoms with Gasteiger partial charge in [0.2, 0.25) is 0 Å². The normalized spacial score (nSPS) is 27.9. The zero-order valence-electron chi connectivity index (χ0n) is 26.4. The van der Waals surface area contributed by atoms with Crippen molar-refractivity contribution < 1.29 is 36.2 Å². The van der Waals surface area contributed by atoms with Gasteiger partial charge in [-0.1, -0.05) is 53.3 Å². The van der Waals surface area contributed by atoms with Crippen molar-refractivity contribution in [3.8, 4) is 5.75 Å². The Balaban J connectivity index is 4.53. The summed E-state index contributed by atoms with van der Waals surface area (Å²) in [6, 6.07) is 0.0361. The maximum atomic E-state index is 11.8. The highest BCUT2D eigenvalue weighted by atomic mass is 16.7. The third kappa shape index (κ3) is 3.98. The second-order valence-corrected chi connectivity index (χ2v) is 4.06. The first-order valence-electron chi connectivity index (χ1n) is 13.1. The molecule has 0 unspecified atom stereocenters. The van der Waals surface area contributed by atoms with E-state index in [1.807, 2.05) is 0 Å². The molecule has 0 aliphatic heterocycles. The summed E-state index contributed by atoms with van der Waals surface area (Å²) in [4.78, 5) is 11.8. The highest BCUT2D eigenvalue weighted by Gasteiger charge is 2.24. The lowest BCUT2D eigenvalue weighted by atomic mass is 9.80.